The lowest BCUT2D eigenvalue weighted by atomic mass is 9.92. The third kappa shape index (κ3) is 3.77. The van der Waals surface area contributed by atoms with E-state index < -0.39 is 0 Å². The maximum atomic E-state index is 13.1. The fraction of sp³-hybridized carbons (Fsp3) is 0.389. The average Bonchev–Trinajstić information content (AvgIpc) is 3.07. The summed E-state index contributed by atoms with van der Waals surface area (Å²) >= 11 is 5.98. The van der Waals surface area contributed by atoms with Gasteiger partial charge >= 0.3 is 0 Å². The van der Waals surface area contributed by atoms with Crippen molar-refractivity contribution in [2.45, 2.75) is 25.3 Å². The number of benzene rings is 1. The predicted octanol–water partition coefficient (Wildman–Crippen LogP) is 3.51. The van der Waals surface area contributed by atoms with Gasteiger partial charge in [0, 0.05) is 18.0 Å². The van der Waals surface area contributed by atoms with Crippen LogP contribution in [0.25, 0.3) is 0 Å². The molecule has 1 aromatic carbocycles. The molecule has 1 amide bonds. The average molecular weight is 334 g/mol. The number of hydrogen-bond donors (Lipinski definition) is 0. The zero-order valence-corrected chi connectivity index (χ0v) is 13.8. The van der Waals surface area contributed by atoms with Gasteiger partial charge in [-0.25, -0.2) is 0 Å². The molecule has 2 aromatic rings. The van der Waals surface area contributed by atoms with Crippen molar-refractivity contribution in [3.63, 3.8) is 0 Å². The van der Waals surface area contributed by atoms with Gasteiger partial charge in [-0.05, 0) is 36.8 Å². The Bertz CT molecular complexity index is 639. The Hall–Kier alpha value is -1.78. The van der Waals surface area contributed by atoms with Crippen molar-refractivity contribution >= 4 is 17.5 Å². The Morgan fingerprint density at radius 3 is 2.78 bits per heavy atom. The van der Waals surface area contributed by atoms with Crippen LogP contribution in [0.5, 0.6) is 0 Å². The minimum atomic E-state index is -0.279. The molecule has 0 radical (unpaired) electrons. The molecule has 2 heterocycles. The fourth-order valence-corrected chi connectivity index (χ4v) is 3.05. The zero-order valence-electron chi connectivity index (χ0n) is 13.1. The Morgan fingerprint density at radius 1 is 1.35 bits per heavy atom. The summed E-state index contributed by atoms with van der Waals surface area (Å²) in [7, 11) is 0. The predicted molar refractivity (Wildman–Crippen MR) is 88.6 cm³/mol. The van der Waals surface area contributed by atoms with Crippen LogP contribution in [-0.2, 0) is 16.0 Å². The standard InChI is InChI=1S/C18H20ClNO3/c1-13-12-22-10-8-20(13)18(21)17(11-16-3-2-9-23-16)14-4-6-15(19)7-5-14/h2-7,9,13,17H,8,10-12H2,1H3. The van der Waals surface area contributed by atoms with E-state index in [9.17, 15) is 4.79 Å². The molecule has 1 aliphatic rings. The van der Waals surface area contributed by atoms with Gasteiger partial charge in [-0.15, -0.1) is 0 Å². The molecular formula is C18H20ClNO3. The molecule has 0 bridgehead atoms. The number of ether oxygens (including phenoxy) is 1. The molecule has 1 aliphatic heterocycles. The van der Waals surface area contributed by atoms with E-state index in [2.05, 4.69) is 0 Å². The maximum absolute atomic E-state index is 13.1. The van der Waals surface area contributed by atoms with E-state index in [0.717, 1.165) is 11.3 Å². The minimum Gasteiger partial charge on any atom is -0.469 e. The largest absolute Gasteiger partial charge is 0.469 e. The molecule has 1 aromatic heterocycles. The molecule has 0 spiro atoms. The summed E-state index contributed by atoms with van der Waals surface area (Å²) < 4.78 is 10.9. The molecule has 0 saturated carbocycles. The van der Waals surface area contributed by atoms with E-state index in [4.69, 9.17) is 20.8 Å². The van der Waals surface area contributed by atoms with Crippen molar-refractivity contribution < 1.29 is 13.9 Å². The zero-order chi connectivity index (χ0) is 16.2. The summed E-state index contributed by atoms with van der Waals surface area (Å²) in [4.78, 5) is 15.0. The minimum absolute atomic E-state index is 0.0858. The molecule has 1 saturated heterocycles. The van der Waals surface area contributed by atoms with Gasteiger partial charge in [0.25, 0.3) is 0 Å². The van der Waals surface area contributed by atoms with Crippen LogP contribution in [0.2, 0.25) is 5.02 Å². The van der Waals surface area contributed by atoms with Crippen LogP contribution in [0, 0.1) is 0 Å². The first-order valence-electron chi connectivity index (χ1n) is 7.81. The molecule has 0 N–H and O–H groups in total. The molecule has 4 nitrogen and oxygen atoms in total. The van der Waals surface area contributed by atoms with E-state index in [1.165, 1.54) is 0 Å². The second kappa shape index (κ2) is 7.20. The normalized spacial score (nSPS) is 19.6. The van der Waals surface area contributed by atoms with Crippen molar-refractivity contribution in [2.24, 2.45) is 0 Å². The monoisotopic (exact) mass is 333 g/mol. The lowest BCUT2D eigenvalue weighted by Crippen LogP contribution is -2.49. The van der Waals surface area contributed by atoms with Crippen LogP contribution in [0.3, 0.4) is 0 Å². The highest BCUT2D eigenvalue weighted by Crippen LogP contribution is 2.26. The number of furan rings is 1. The summed E-state index contributed by atoms with van der Waals surface area (Å²) in [6.45, 7) is 3.81. The molecule has 122 valence electrons. The van der Waals surface area contributed by atoms with Gasteiger partial charge in [0.05, 0.1) is 31.4 Å². The third-order valence-electron chi connectivity index (χ3n) is 4.21. The Balaban J connectivity index is 1.87. The van der Waals surface area contributed by atoms with Crippen molar-refractivity contribution in [1.29, 1.82) is 0 Å². The summed E-state index contributed by atoms with van der Waals surface area (Å²) in [5.74, 6) is 0.637. The second-order valence-electron chi connectivity index (χ2n) is 5.84. The second-order valence-corrected chi connectivity index (χ2v) is 6.28. The first kappa shape index (κ1) is 16.1. The lowest BCUT2D eigenvalue weighted by Gasteiger charge is -2.35. The highest BCUT2D eigenvalue weighted by Gasteiger charge is 2.31. The fourth-order valence-electron chi connectivity index (χ4n) is 2.93. The molecule has 3 rings (SSSR count). The van der Waals surface area contributed by atoms with E-state index in [1.54, 1.807) is 6.26 Å². The third-order valence-corrected chi connectivity index (χ3v) is 4.46. The number of amides is 1. The van der Waals surface area contributed by atoms with Gasteiger partial charge in [-0.2, -0.15) is 0 Å². The molecule has 23 heavy (non-hydrogen) atoms. The summed E-state index contributed by atoms with van der Waals surface area (Å²) in [5, 5.41) is 0.665. The van der Waals surface area contributed by atoms with E-state index in [1.807, 2.05) is 48.2 Å². The number of halogens is 1. The van der Waals surface area contributed by atoms with Crippen LogP contribution in [0.1, 0.15) is 24.2 Å². The number of hydrogen-bond acceptors (Lipinski definition) is 3. The summed E-state index contributed by atoms with van der Waals surface area (Å²) in [6, 6.07) is 11.3. The highest BCUT2D eigenvalue weighted by atomic mass is 35.5. The van der Waals surface area contributed by atoms with Crippen molar-refractivity contribution in [3.05, 3.63) is 59.0 Å². The van der Waals surface area contributed by atoms with E-state index >= 15 is 0 Å². The van der Waals surface area contributed by atoms with Gasteiger partial charge in [0.1, 0.15) is 5.76 Å². The Kier molecular flexibility index (Phi) is 5.03. The van der Waals surface area contributed by atoms with Crippen LogP contribution >= 0.6 is 11.6 Å². The van der Waals surface area contributed by atoms with Crippen LogP contribution in [-0.4, -0.2) is 36.6 Å². The quantitative estimate of drug-likeness (QED) is 0.860. The number of carbonyl (C=O) groups excluding carboxylic acids is 1. The first-order chi connectivity index (χ1) is 11.1. The van der Waals surface area contributed by atoms with Gasteiger partial charge < -0.3 is 14.1 Å². The smallest absolute Gasteiger partial charge is 0.230 e. The van der Waals surface area contributed by atoms with Gasteiger partial charge in [-0.1, -0.05) is 23.7 Å². The van der Waals surface area contributed by atoms with Crippen molar-refractivity contribution in [2.75, 3.05) is 19.8 Å². The number of carbonyl (C=O) groups is 1. The molecular weight excluding hydrogens is 314 g/mol. The number of morpholine rings is 1. The number of rotatable bonds is 4. The Morgan fingerprint density at radius 2 is 2.13 bits per heavy atom. The maximum Gasteiger partial charge on any atom is 0.230 e. The molecule has 5 heteroatoms. The van der Waals surface area contributed by atoms with Crippen LogP contribution < -0.4 is 0 Å². The molecule has 2 atom stereocenters. The first-order valence-corrected chi connectivity index (χ1v) is 8.19. The topological polar surface area (TPSA) is 42.7 Å². The summed E-state index contributed by atoms with van der Waals surface area (Å²) in [6.07, 6.45) is 2.17. The van der Waals surface area contributed by atoms with Gasteiger partial charge in [0.2, 0.25) is 5.91 Å². The van der Waals surface area contributed by atoms with Crippen LogP contribution in [0.15, 0.2) is 47.1 Å². The van der Waals surface area contributed by atoms with Gasteiger partial charge in [-0.3, -0.25) is 4.79 Å². The van der Waals surface area contributed by atoms with E-state index in [0.29, 0.717) is 31.2 Å². The lowest BCUT2D eigenvalue weighted by molar-refractivity contribution is -0.140. The molecule has 2 unspecified atom stereocenters. The SMILES string of the molecule is CC1COCCN1C(=O)C(Cc1ccco1)c1ccc(Cl)cc1. The Labute approximate surface area is 141 Å². The number of nitrogens with zero attached hydrogens (tertiary/aromatic N) is 1. The molecule has 1 fully saturated rings. The highest BCUT2D eigenvalue weighted by molar-refractivity contribution is 6.30. The van der Waals surface area contributed by atoms with E-state index in [-0.39, 0.29) is 17.9 Å². The van der Waals surface area contributed by atoms with Crippen molar-refractivity contribution in [3.8, 4) is 0 Å². The molecule has 0 aliphatic carbocycles. The van der Waals surface area contributed by atoms with Crippen molar-refractivity contribution in [1.82, 2.24) is 4.90 Å². The van der Waals surface area contributed by atoms with Gasteiger partial charge in [0.15, 0.2) is 0 Å². The summed E-state index contributed by atoms with van der Waals surface area (Å²) in [5.41, 5.74) is 0.953. The van der Waals surface area contributed by atoms with Crippen LogP contribution in [0.4, 0.5) is 0 Å².